The Balaban J connectivity index is 0.803. The number of aliphatic hydroxyl groups excluding tert-OH is 2. The lowest BCUT2D eigenvalue weighted by Gasteiger charge is -2.47. The molecule has 6 unspecified atom stereocenters. The fourth-order valence-electron chi connectivity index (χ4n) is 9.17. The molecule has 0 aromatic heterocycles. The highest BCUT2D eigenvalue weighted by molar-refractivity contribution is 5.43. The lowest BCUT2D eigenvalue weighted by molar-refractivity contribution is 0.0513. The van der Waals surface area contributed by atoms with Crippen molar-refractivity contribution < 1.29 is 38.6 Å². The Kier molecular flexibility index (Phi) is 14.6. The van der Waals surface area contributed by atoms with Crippen LogP contribution in [0.15, 0.2) is 97.1 Å². The second-order valence-corrected chi connectivity index (χ2v) is 20.1. The Labute approximate surface area is 369 Å². The first-order chi connectivity index (χ1) is 29.5. The first-order valence-electron chi connectivity index (χ1n) is 22.5. The van der Waals surface area contributed by atoms with Gasteiger partial charge in [0.1, 0.15) is 73.8 Å². The zero-order valence-corrected chi connectivity index (χ0v) is 38.0. The number of benzene rings is 4. The van der Waals surface area contributed by atoms with Crippen LogP contribution in [0.4, 0.5) is 0 Å². The van der Waals surface area contributed by atoms with E-state index in [2.05, 4.69) is 108 Å². The largest absolute Gasteiger partial charge is 0.491 e. The second kappa shape index (κ2) is 19.7. The normalized spacial score (nSPS) is 23.0. The van der Waals surface area contributed by atoms with Crippen LogP contribution in [-0.2, 0) is 20.3 Å². The average molecular weight is 851 g/mol. The molecule has 2 saturated heterocycles. The molecule has 0 amide bonds. The SMILES string of the molecule is CC1(C)CC(NCC(O)COc2ccc(C(C)(C)c3ccc(OCC4CO4)cc3)cc2)CC(C)(CNCC(O)COc2ccc(C(C)(C)c3ccc(OCC4CO4)cc3)cc2)C1. The zero-order valence-electron chi connectivity index (χ0n) is 38.0. The van der Waals surface area contributed by atoms with E-state index in [1.54, 1.807) is 0 Å². The molecule has 3 aliphatic rings. The molecule has 7 rings (SSSR count). The van der Waals surface area contributed by atoms with Gasteiger partial charge in [0, 0.05) is 36.5 Å². The number of ether oxygens (including phenoxy) is 6. The van der Waals surface area contributed by atoms with E-state index in [1.165, 1.54) is 22.3 Å². The lowest BCUT2D eigenvalue weighted by Crippen LogP contribution is -2.50. The van der Waals surface area contributed by atoms with Gasteiger partial charge < -0.3 is 49.3 Å². The summed E-state index contributed by atoms with van der Waals surface area (Å²) in [6.45, 7) is 20.7. The first kappa shape index (κ1) is 45.9. The predicted octanol–water partition coefficient (Wildman–Crippen LogP) is 7.84. The third kappa shape index (κ3) is 13.0. The van der Waals surface area contributed by atoms with Crippen molar-refractivity contribution in [3.63, 3.8) is 0 Å². The van der Waals surface area contributed by atoms with Gasteiger partial charge in [-0.25, -0.2) is 0 Å². The van der Waals surface area contributed by atoms with Gasteiger partial charge >= 0.3 is 0 Å². The number of rotatable bonds is 23. The van der Waals surface area contributed by atoms with Gasteiger partial charge in [-0.1, -0.05) is 97.0 Å². The van der Waals surface area contributed by atoms with Crippen LogP contribution >= 0.6 is 0 Å². The molecule has 0 radical (unpaired) electrons. The maximum Gasteiger partial charge on any atom is 0.119 e. The summed E-state index contributed by atoms with van der Waals surface area (Å²) in [4.78, 5) is 0. The lowest BCUT2D eigenvalue weighted by atomic mass is 9.62. The van der Waals surface area contributed by atoms with Gasteiger partial charge in [-0.05, 0) is 101 Å². The van der Waals surface area contributed by atoms with E-state index in [9.17, 15) is 10.2 Å². The molecular formula is C52H70N2O8. The molecule has 10 heteroatoms. The molecule has 6 atom stereocenters. The van der Waals surface area contributed by atoms with Crippen LogP contribution in [0.25, 0.3) is 0 Å². The summed E-state index contributed by atoms with van der Waals surface area (Å²) in [6.07, 6.45) is 2.26. The highest BCUT2D eigenvalue weighted by atomic mass is 16.6. The Morgan fingerprint density at radius 1 is 0.581 bits per heavy atom. The van der Waals surface area contributed by atoms with Gasteiger partial charge in [0.2, 0.25) is 0 Å². The molecule has 3 fully saturated rings. The second-order valence-electron chi connectivity index (χ2n) is 20.1. The number of aliphatic hydroxyl groups is 2. The van der Waals surface area contributed by atoms with Gasteiger partial charge in [-0.2, -0.15) is 0 Å². The highest BCUT2D eigenvalue weighted by Crippen LogP contribution is 2.46. The minimum atomic E-state index is -0.643. The van der Waals surface area contributed by atoms with Gasteiger partial charge in [-0.15, -0.1) is 0 Å². The summed E-state index contributed by atoms with van der Waals surface area (Å²) in [5, 5.41) is 29.0. The van der Waals surface area contributed by atoms with E-state index in [-0.39, 0.29) is 53.1 Å². The van der Waals surface area contributed by atoms with Crippen molar-refractivity contribution in [3.05, 3.63) is 119 Å². The predicted molar refractivity (Wildman–Crippen MR) is 244 cm³/mol. The monoisotopic (exact) mass is 851 g/mol. The molecule has 4 aromatic carbocycles. The smallest absolute Gasteiger partial charge is 0.119 e. The van der Waals surface area contributed by atoms with Gasteiger partial charge in [0.05, 0.1) is 13.2 Å². The molecule has 2 aliphatic heterocycles. The summed E-state index contributed by atoms with van der Waals surface area (Å²) in [7, 11) is 0. The fourth-order valence-corrected chi connectivity index (χ4v) is 9.17. The van der Waals surface area contributed by atoms with Crippen molar-refractivity contribution in [2.24, 2.45) is 10.8 Å². The van der Waals surface area contributed by atoms with E-state index in [0.717, 1.165) is 62.0 Å². The van der Waals surface area contributed by atoms with Gasteiger partial charge in [-0.3, -0.25) is 0 Å². The Morgan fingerprint density at radius 2 is 0.952 bits per heavy atom. The molecule has 0 spiro atoms. The van der Waals surface area contributed by atoms with Crippen molar-refractivity contribution in [2.75, 3.05) is 59.3 Å². The van der Waals surface area contributed by atoms with Crippen LogP contribution in [-0.4, -0.2) is 99.9 Å². The topological polar surface area (TPSA) is 127 Å². The first-order valence-corrected chi connectivity index (χ1v) is 22.5. The van der Waals surface area contributed by atoms with E-state index >= 15 is 0 Å². The fraction of sp³-hybridized carbons (Fsp3) is 0.538. The summed E-state index contributed by atoms with van der Waals surface area (Å²) in [6, 6.07) is 33.2. The van der Waals surface area contributed by atoms with Crippen molar-refractivity contribution in [3.8, 4) is 23.0 Å². The van der Waals surface area contributed by atoms with Crippen molar-refractivity contribution in [1.82, 2.24) is 10.6 Å². The summed E-state index contributed by atoms with van der Waals surface area (Å²) in [5.74, 6) is 3.18. The molecule has 4 N–H and O–H groups in total. The molecule has 10 nitrogen and oxygen atoms in total. The zero-order chi connectivity index (χ0) is 44.0. The molecule has 4 aromatic rings. The molecule has 0 bridgehead atoms. The van der Waals surface area contributed by atoms with E-state index in [0.29, 0.717) is 26.3 Å². The van der Waals surface area contributed by atoms with Crippen LogP contribution < -0.4 is 29.6 Å². The van der Waals surface area contributed by atoms with E-state index < -0.39 is 12.2 Å². The summed E-state index contributed by atoms with van der Waals surface area (Å²) < 4.78 is 34.2. The molecule has 336 valence electrons. The van der Waals surface area contributed by atoms with Crippen LogP contribution in [0, 0.1) is 10.8 Å². The Hall–Kier alpha value is -4.16. The van der Waals surface area contributed by atoms with Crippen molar-refractivity contribution >= 4 is 0 Å². The molecular weight excluding hydrogens is 781 g/mol. The summed E-state index contributed by atoms with van der Waals surface area (Å²) in [5.41, 5.74) is 4.52. The van der Waals surface area contributed by atoms with Crippen LogP contribution in [0.5, 0.6) is 23.0 Å². The van der Waals surface area contributed by atoms with Crippen LogP contribution in [0.1, 0.15) is 90.0 Å². The average Bonchev–Trinajstić information content (AvgIpc) is 4.19. The maximum atomic E-state index is 10.9. The van der Waals surface area contributed by atoms with E-state index in [1.807, 2.05) is 48.5 Å². The standard InChI is InChI=1S/C52H70N2O8/c1-49(2)24-40(54-27-42(56)29-58-44-18-10-37(11-19-44)51(5,6)39-14-22-46(23-15-39)60-31-48-33-62-48)25-52(7,34-49)35-53-26-41(55)28-57-43-16-8-36(9-17-43)50(3,4)38-12-20-45(21-13-38)59-30-47-32-61-47/h8-23,40-42,47-48,53-56H,24-35H2,1-7H3. The minimum Gasteiger partial charge on any atom is -0.491 e. The number of hydrogen-bond acceptors (Lipinski definition) is 10. The highest BCUT2D eigenvalue weighted by Gasteiger charge is 2.41. The van der Waals surface area contributed by atoms with Crippen molar-refractivity contribution in [1.29, 1.82) is 0 Å². The number of hydrogen-bond donors (Lipinski definition) is 4. The molecule has 62 heavy (non-hydrogen) atoms. The summed E-state index contributed by atoms with van der Waals surface area (Å²) >= 11 is 0. The van der Waals surface area contributed by atoms with Crippen LogP contribution in [0.3, 0.4) is 0 Å². The van der Waals surface area contributed by atoms with Gasteiger partial charge in [0.25, 0.3) is 0 Å². The minimum absolute atomic E-state index is 0.0276. The molecule has 1 aliphatic carbocycles. The van der Waals surface area contributed by atoms with Crippen LogP contribution in [0.2, 0.25) is 0 Å². The quantitative estimate of drug-likeness (QED) is 0.0549. The number of nitrogens with one attached hydrogen (secondary N) is 2. The number of epoxide rings is 2. The van der Waals surface area contributed by atoms with Crippen molar-refractivity contribution in [2.45, 2.75) is 109 Å². The third-order valence-corrected chi connectivity index (χ3v) is 12.9. The molecule has 2 heterocycles. The van der Waals surface area contributed by atoms with E-state index in [4.69, 9.17) is 28.4 Å². The Bertz CT molecular complexity index is 1990. The molecule has 1 saturated carbocycles. The third-order valence-electron chi connectivity index (χ3n) is 12.9. The maximum absolute atomic E-state index is 10.9. The Morgan fingerprint density at radius 3 is 1.34 bits per heavy atom. The van der Waals surface area contributed by atoms with Gasteiger partial charge in [0.15, 0.2) is 0 Å².